The molecule has 2 rings (SSSR count). The van der Waals surface area contributed by atoms with Crippen LogP contribution in [0.4, 0.5) is 0 Å². The van der Waals surface area contributed by atoms with E-state index in [0.717, 1.165) is 28.5 Å². The van der Waals surface area contributed by atoms with E-state index in [4.69, 9.17) is 0 Å². The van der Waals surface area contributed by atoms with Crippen molar-refractivity contribution in [2.45, 2.75) is 6.92 Å². The van der Waals surface area contributed by atoms with Gasteiger partial charge in [0.1, 0.15) is 6.29 Å². The molecular weight excluding hydrogens is 208 g/mol. The van der Waals surface area contributed by atoms with Crippen LogP contribution < -0.4 is 0 Å². The first kappa shape index (κ1) is 11.3. The Morgan fingerprint density at radius 3 is 2.18 bits per heavy atom. The van der Waals surface area contributed by atoms with E-state index in [0.29, 0.717) is 0 Å². The smallest absolute Gasteiger partial charge is 0.150 e. The number of carbonyl (C=O) groups is 1. The molecule has 2 aromatic carbocycles. The zero-order valence-electron chi connectivity index (χ0n) is 9.76. The van der Waals surface area contributed by atoms with Crippen molar-refractivity contribution in [3.63, 3.8) is 0 Å². The van der Waals surface area contributed by atoms with E-state index in [1.54, 1.807) is 0 Å². The average Bonchev–Trinajstić information content (AvgIpc) is 2.37. The van der Waals surface area contributed by atoms with E-state index in [2.05, 4.69) is 6.07 Å². The van der Waals surface area contributed by atoms with Gasteiger partial charge in [-0.25, -0.2) is 0 Å². The van der Waals surface area contributed by atoms with Gasteiger partial charge in [-0.2, -0.15) is 0 Å². The van der Waals surface area contributed by atoms with Gasteiger partial charge in [0.15, 0.2) is 0 Å². The monoisotopic (exact) mass is 222 g/mol. The molecule has 1 nitrogen and oxygen atoms in total. The van der Waals surface area contributed by atoms with Crippen LogP contribution in [0.2, 0.25) is 0 Å². The summed E-state index contributed by atoms with van der Waals surface area (Å²) in [5.41, 5.74) is 4.03. The maximum absolute atomic E-state index is 10.8. The lowest BCUT2D eigenvalue weighted by Gasteiger charge is -1.99. The Hall–Kier alpha value is -2.15. The Morgan fingerprint density at radius 2 is 1.47 bits per heavy atom. The van der Waals surface area contributed by atoms with E-state index in [9.17, 15) is 4.79 Å². The zero-order chi connectivity index (χ0) is 12.1. The lowest BCUT2D eigenvalue weighted by molar-refractivity contribution is 0.112. The van der Waals surface area contributed by atoms with Gasteiger partial charge < -0.3 is 0 Å². The van der Waals surface area contributed by atoms with Gasteiger partial charge in [0.25, 0.3) is 0 Å². The van der Waals surface area contributed by atoms with Crippen molar-refractivity contribution in [3.05, 3.63) is 70.8 Å². The molecule has 1 heteroatoms. The molecule has 0 N–H and O–H groups in total. The molecule has 0 aromatic heterocycles. The lowest BCUT2D eigenvalue weighted by Crippen LogP contribution is -1.84. The van der Waals surface area contributed by atoms with Crippen molar-refractivity contribution in [2.75, 3.05) is 0 Å². The maximum Gasteiger partial charge on any atom is 0.150 e. The Kier molecular flexibility index (Phi) is 3.51. The summed E-state index contributed by atoms with van der Waals surface area (Å²) in [4.78, 5) is 10.8. The fourth-order valence-corrected chi connectivity index (χ4v) is 1.76. The fraction of sp³-hybridized carbons (Fsp3) is 0.0625. The molecule has 0 spiro atoms. The molecular formula is C16H14O. The average molecular weight is 222 g/mol. The second kappa shape index (κ2) is 5.26. The SMILES string of the molecule is Cc1cc(C=O)cc(/C=C/c2ccccc2)c1. The quantitative estimate of drug-likeness (QED) is 0.567. The number of hydrogen-bond acceptors (Lipinski definition) is 1. The Labute approximate surface area is 101 Å². The number of carbonyl (C=O) groups excluding carboxylic acids is 1. The van der Waals surface area contributed by atoms with Gasteiger partial charge in [-0.1, -0.05) is 48.6 Å². The molecule has 0 atom stereocenters. The van der Waals surface area contributed by atoms with Crippen molar-refractivity contribution >= 4 is 18.4 Å². The minimum Gasteiger partial charge on any atom is -0.298 e. The third-order valence-electron chi connectivity index (χ3n) is 2.53. The normalized spacial score (nSPS) is 10.6. The van der Waals surface area contributed by atoms with Crippen LogP contribution in [-0.4, -0.2) is 6.29 Å². The van der Waals surface area contributed by atoms with Gasteiger partial charge in [0, 0.05) is 5.56 Å². The highest BCUT2D eigenvalue weighted by molar-refractivity contribution is 5.78. The second-order valence-corrected chi connectivity index (χ2v) is 4.04. The first-order valence-electron chi connectivity index (χ1n) is 5.58. The van der Waals surface area contributed by atoms with Crippen LogP contribution in [0, 0.1) is 6.92 Å². The van der Waals surface area contributed by atoms with Gasteiger partial charge in [-0.3, -0.25) is 4.79 Å². The van der Waals surface area contributed by atoms with Gasteiger partial charge >= 0.3 is 0 Å². The van der Waals surface area contributed by atoms with Crippen LogP contribution in [0.3, 0.4) is 0 Å². The first-order valence-corrected chi connectivity index (χ1v) is 5.58. The molecule has 0 aliphatic carbocycles. The van der Waals surface area contributed by atoms with Crippen LogP contribution in [0.15, 0.2) is 48.5 Å². The van der Waals surface area contributed by atoms with Crippen molar-refractivity contribution in [1.82, 2.24) is 0 Å². The molecule has 0 aliphatic heterocycles. The number of benzene rings is 2. The molecule has 0 amide bonds. The zero-order valence-corrected chi connectivity index (χ0v) is 9.76. The number of rotatable bonds is 3. The summed E-state index contributed by atoms with van der Waals surface area (Å²) in [5, 5.41) is 0. The Balaban J connectivity index is 2.27. The highest BCUT2D eigenvalue weighted by atomic mass is 16.1. The van der Waals surface area contributed by atoms with Gasteiger partial charge in [-0.15, -0.1) is 0 Å². The second-order valence-electron chi connectivity index (χ2n) is 4.04. The summed E-state index contributed by atoms with van der Waals surface area (Å²) in [7, 11) is 0. The predicted octanol–water partition coefficient (Wildman–Crippen LogP) is 3.98. The highest BCUT2D eigenvalue weighted by Crippen LogP contribution is 2.12. The molecule has 0 aliphatic rings. The molecule has 0 saturated carbocycles. The Bertz CT molecular complexity index is 539. The molecule has 0 unspecified atom stereocenters. The van der Waals surface area contributed by atoms with Crippen molar-refractivity contribution in [3.8, 4) is 0 Å². The lowest BCUT2D eigenvalue weighted by atomic mass is 10.1. The van der Waals surface area contributed by atoms with Gasteiger partial charge in [-0.05, 0) is 35.7 Å². The third kappa shape index (κ3) is 3.15. The molecule has 84 valence electrons. The molecule has 0 fully saturated rings. The summed E-state index contributed by atoms with van der Waals surface area (Å²) in [6.45, 7) is 1.99. The van der Waals surface area contributed by atoms with Crippen LogP contribution in [0.25, 0.3) is 12.2 Å². The standard InChI is InChI=1S/C16H14O/c1-13-9-15(11-16(10-13)12-17)8-7-14-5-3-2-4-6-14/h2-12H,1H3/b8-7+. The van der Waals surface area contributed by atoms with Crippen LogP contribution in [-0.2, 0) is 0 Å². The van der Waals surface area contributed by atoms with Crippen LogP contribution in [0.5, 0.6) is 0 Å². The molecule has 0 heterocycles. The largest absolute Gasteiger partial charge is 0.298 e. The number of aldehydes is 1. The molecule has 2 aromatic rings. The molecule has 17 heavy (non-hydrogen) atoms. The highest BCUT2D eigenvalue weighted by Gasteiger charge is 1.94. The third-order valence-corrected chi connectivity index (χ3v) is 2.53. The summed E-state index contributed by atoms with van der Waals surface area (Å²) in [5.74, 6) is 0. The Morgan fingerprint density at radius 1 is 0.824 bits per heavy atom. The van der Waals surface area contributed by atoms with Crippen molar-refractivity contribution in [1.29, 1.82) is 0 Å². The molecule has 0 radical (unpaired) electrons. The summed E-state index contributed by atoms with van der Waals surface area (Å²) >= 11 is 0. The van der Waals surface area contributed by atoms with E-state index in [1.807, 2.05) is 61.5 Å². The van der Waals surface area contributed by atoms with Gasteiger partial charge in [0.05, 0.1) is 0 Å². The van der Waals surface area contributed by atoms with Crippen LogP contribution >= 0.6 is 0 Å². The minimum absolute atomic E-state index is 0.720. The van der Waals surface area contributed by atoms with E-state index in [1.165, 1.54) is 0 Å². The predicted molar refractivity (Wildman–Crippen MR) is 71.9 cm³/mol. The van der Waals surface area contributed by atoms with Crippen LogP contribution in [0.1, 0.15) is 27.0 Å². The topological polar surface area (TPSA) is 17.1 Å². The van der Waals surface area contributed by atoms with E-state index in [-0.39, 0.29) is 0 Å². The van der Waals surface area contributed by atoms with Crippen molar-refractivity contribution in [2.24, 2.45) is 0 Å². The minimum atomic E-state index is 0.720. The van der Waals surface area contributed by atoms with Gasteiger partial charge in [0.2, 0.25) is 0 Å². The van der Waals surface area contributed by atoms with E-state index < -0.39 is 0 Å². The molecule has 0 bridgehead atoms. The molecule has 0 saturated heterocycles. The number of aryl methyl sites for hydroxylation is 1. The van der Waals surface area contributed by atoms with Crippen molar-refractivity contribution < 1.29 is 4.79 Å². The maximum atomic E-state index is 10.8. The van der Waals surface area contributed by atoms with E-state index >= 15 is 0 Å². The fourth-order valence-electron chi connectivity index (χ4n) is 1.76. The summed E-state index contributed by atoms with van der Waals surface area (Å²) in [6, 6.07) is 15.9. The summed E-state index contributed by atoms with van der Waals surface area (Å²) < 4.78 is 0. The number of hydrogen-bond donors (Lipinski definition) is 0. The first-order chi connectivity index (χ1) is 8.28. The summed E-state index contributed by atoms with van der Waals surface area (Å²) in [6.07, 6.45) is 4.95.